The van der Waals surface area contributed by atoms with Crippen LogP contribution in [0.1, 0.15) is 34.7 Å². The number of carbonyl (C=O) groups is 1. The Balaban J connectivity index is 1.82. The molecule has 1 aromatic carbocycles. The molecule has 3 aromatic rings. The van der Waals surface area contributed by atoms with Crippen molar-refractivity contribution in [1.29, 1.82) is 0 Å². The standard InChI is InChI=1S/C19H20N2OS/c1-12-15-7-4-5-8-17(15)20-13(2)16(12)11-19(22)21-14(3)18-9-6-10-23-18/h4-10,14H,11H2,1-3H3,(H,21,22)/t14-/m0/s1. The molecule has 1 N–H and O–H groups in total. The van der Waals surface area contributed by atoms with Gasteiger partial charge in [-0.25, -0.2) is 0 Å². The lowest BCUT2D eigenvalue weighted by atomic mass is 9.99. The van der Waals surface area contributed by atoms with Gasteiger partial charge in [0.15, 0.2) is 0 Å². The molecule has 1 atom stereocenters. The molecule has 0 aliphatic carbocycles. The van der Waals surface area contributed by atoms with E-state index in [2.05, 4.69) is 23.3 Å². The third-order valence-electron chi connectivity index (χ3n) is 4.17. The van der Waals surface area contributed by atoms with Crippen molar-refractivity contribution < 1.29 is 4.79 Å². The maximum Gasteiger partial charge on any atom is 0.224 e. The molecule has 0 unspecified atom stereocenters. The van der Waals surface area contributed by atoms with Gasteiger partial charge < -0.3 is 5.32 Å². The molecule has 4 heteroatoms. The van der Waals surface area contributed by atoms with Crippen LogP contribution in [0.4, 0.5) is 0 Å². The number of thiophene rings is 1. The van der Waals surface area contributed by atoms with Crippen molar-refractivity contribution in [2.45, 2.75) is 33.2 Å². The fraction of sp³-hybridized carbons (Fsp3) is 0.263. The Morgan fingerprint density at radius 3 is 2.74 bits per heavy atom. The maximum atomic E-state index is 12.4. The summed E-state index contributed by atoms with van der Waals surface area (Å²) >= 11 is 1.66. The molecule has 0 radical (unpaired) electrons. The summed E-state index contributed by atoms with van der Waals surface area (Å²) in [5, 5.41) is 6.22. The number of hydrogen-bond donors (Lipinski definition) is 1. The van der Waals surface area contributed by atoms with Crippen LogP contribution in [0.15, 0.2) is 41.8 Å². The molecule has 0 aliphatic rings. The van der Waals surface area contributed by atoms with Crippen molar-refractivity contribution in [2.75, 3.05) is 0 Å². The van der Waals surface area contributed by atoms with Crippen LogP contribution in [0.3, 0.4) is 0 Å². The Bertz CT molecular complexity index is 840. The minimum absolute atomic E-state index is 0.0363. The van der Waals surface area contributed by atoms with Gasteiger partial charge in [-0.3, -0.25) is 9.78 Å². The summed E-state index contributed by atoms with van der Waals surface area (Å²) in [5.74, 6) is 0.0363. The first-order valence-corrected chi connectivity index (χ1v) is 8.62. The van der Waals surface area contributed by atoms with Gasteiger partial charge in [0.1, 0.15) is 0 Å². The van der Waals surface area contributed by atoms with Gasteiger partial charge in [-0.15, -0.1) is 11.3 Å². The number of fused-ring (bicyclic) bond motifs is 1. The molecular weight excluding hydrogens is 304 g/mol. The van der Waals surface area contributed by atoms with Crippen LogP contribution in [0.5, 0.6) is 0 Å². The highest BCUT2D eigenvalue weighted by Gasteiger charge is 2.15. The summed E-state index contributed by atoms with van der Waals surface area (Å²) in [6.45, 7) is 6.06. The molecule has 0 aliphatic heterocycles. The highest BCUT2D eigenvalue weighted by molar-refractivity contribution is 7.10. The van der Waals surface area contributed by atoms with E-state index in [1.165, 1.54) is 4.88 Å². The van der Waals surface area contributed by atoms with Gasteiger partial charge in [0.05, 0.1) is 18.0 Å². The predicted molar refractivity (Wildman–Crippen MR) is 95.8 cm³/mol. The predicted octanol–water partition coefficient (Wildman–Crippen LogP) is 4.33. The monoisotopic (exact) mass is 324 g/mol. The van der Waals surface area contributed by atoms with Crippen LogP contribution in [0.2, 0.25) is 0 Å². The first-order chi connectivity index (χ1) is 11.1. The van der Waals surface area contributed by atoms with Gasteiger partial charge in [0.25, 0.3) is 0 Å². The van der Waals surface area contributed by atoms with Crippen LogP contribution >= 0.6 is 11.3 Å². The number of hydrogen-bond acceptors (Lipinski definition) is 3. The highest BCUT2D eigenvalue weighted by Crippen LogP contribution is 2.23. The molecule has 0 spiro atoms. The number of carbonyl (C=O) groups excluding carboxylic acids is 1. The van der Waals surface area contributed by atoms with Crippen molar-refractivity contribution in [3.05, 3.63) is 63.5 Å². The van der Waals surface area contributed by atoms with E-state index in [1.54, 1.807) is 11.3 Å². The third kappa shape index (κ3) is 3.27. The number of nitrogens with zero attached hydrogens (tertiary/aromatic N) is 1. The molecule has 118 valence electrons. The fourth-order valence-electron chi connectivity index (χ4n) is 2.89. The topological polar surface area (TPSA) is 42.0 Å². The molecule has 2 aromatic heterocycles. The zero-order valence-corrected chi connectivity index (χ0v) is 14.4. The van der Waals surface area contributed by atoms with E-state index in [0.717, 1.165) is 27.7 Å². The number of benzene rings is 1. The average molecular weight is 324 g/mol. The minimum Gasteiger partial charge on any atom is -0.348 e. The molecule has 23 heavy (non-hydrogen) atoms. The Labute approximate surface area is 140 Å². The lowest BCUT2D eigenvalue weighted by molar-refractivity contribution is -0.121. The second-order valence-corrected chi connectivity index (χ2v) is 6.78. The molecular formula is C19H20N2OS. The van der Waals surface area contributed by atoms with E-state index in [0.29, 0.717) is 6.42 Å². The van der Waals surface area contributed by atoms with Gasteiger partial charge in [-0.05, 0) is 49.4 Å². The molecule has 3 nitrogen and oxygen atoms in total. The Kier molecular flexibility index (Phi) is 4.44. The molecule has 0 saturated heterocycles. The van der Waals surface area contributed by atoms with Gasteiger partial charge in [-0.1, -0.05) is 24.3 Å². The molecule has 3 rings (SSSR count). The van der Waals surface area contributed by atoms with Crippen molar-refractivity contribution in [1.82, 2.24) is 10.3 Å². The molecule has 0 bridgehead atoms. The zero-order valence-electron chi connectivity index (χ0n) is 13.6. The van der Waals surface area contributed by atoms with Crippen LogP contribution in [0.25, 0.3) is 10.9 Å². The van der Waals surface area contributed by atoms with E-state index in [9.17, 15) is 4.79 Å². The van der Waals surface area contributed by atoms with E-state index in [4.69, 9.17) is 0 Å². The summed E-state index contributed by atoms with van der Waals surface area (Å²) in [4.78, 5) is 18.2. The van der Waals surface area contributed by atoms with Crippen LogP contribution < -0.4 is 5.32 Å². The number of amides is 1. The van der Waals surface area contributed by atoms with Crippen LogP contribution in [-0.4, -0.2) is 10.9 Å². The summed E-state index contributed by atoms with van der Waals surface area (Å²) in [5.41, 5.74) is 4.09. The molecule has 0 saturated carbocycles. The van der Waals surface area contributed by atoms with Gasteiger partial charge in [0, 0.05) is 16.0 Å². The second-order valence-electron chi connectivity index (χ2n) is 5.80. The van der Waals surface area contributed by atoms with Crippen molar-refractivity contribution in [3.63, 3.8) is 0 Å². The van der Waals surface area contributed by atoms with Crippen LogP contribution in [0, 0.1) is 13.8 Å². The number of aryl methyl sites for hydroxylation is 2. The van der Waals surface area contributed by atoms with Gasteiger partial charge in [-0.2, -0.15) is 0 Å². The smallest absolute Gasteiger partial charge is 0.224 e. The van der Waals surface area contributed by atoms with Crippen molar-refractivity contribution in [3.8, 4) is 0 Å². The van der Waals surface area contributed by atoms with E-state index >= 15 is 0 Å². The lowest BCUT2D eigenvalue weighted by Gasteiger charge is -2.15. The fourth-order valence-corrected chi connectivity index (χ4v) is 3.63. The maximum absolute atomic E-state index is 12.4. The zero-order chi connectivity index (χ0) is 16.4. The highest BCUT2D eigenvalue weighted by atomic mass is 32.1. The summed E-state index contributed by atoms with van der Waals surface area (Å²) in [6.07, 6.45) is 0.366. The number of para-hydroxylation sites is 1. The number of aromatic nitrogens is 1. The van der Waals surface area contributed by atoms with Gasteiger partial charge >= 0.3 is 0 Å². The van der Waals surface area contributed by atoms with Gasteiger partial charge in [0.2, 0.25) is 5.91 Å². The summed E-state index contributed by atoms with van der Waals surface area (Å²) in [6, 6.07) is 12.2. The SMILES string of the molecule is Cc1nc2ccccc2c(C)c1CC(=O)N[C@@H](C)c1cccs1. The lowest BCUT2D eigenvalue weighted by Crippen LogP contribution is -2.28. The summed E-state index contributed by atoms with van der Waals surface area (Å²) < 4.78 is 0. The number of nitrogens with one attached hydrogen (secondary N) is 1. The quantitative estimate of drug-likeness (QED) is 0.776. The first-order valence-electron chi connectivity index (χ1n) is 7.74. The molecule has 1 amide bonds. The van der Waals surface area contributed by atoms with E-state index in [-0.39, 0.29) is 11.9 Å². The molecule has 2 heterocycles. The van der Waals surface area contributed by atoms with Crippen molar-refractivity contribution in [2.24, 2.45) is 0 Å². The Hall–Kier alpha value is -2.20. The minimum atomic E-state index is 0.0363. The van der Waals surface area contributed by atoms with E-state index < -0.39 is 0 Å². The summed E-state index contributed by atoms with van der Waals surface area (Å²) in [7, 11) is 0. The number of rotatable bonds is 4. The normalized spacial score (nSPS) is 12.3. The Morgan fingerprint density at radius 2 is 2.00 bits per heavy atom. The largest absolute Gasteiger partial charge is 0.348 e. The van der Waals surface area contributed by atoms with Crippen molar-refractivity contribution >= 4 is 28.1 Å². The van der Waals surface area contributed by atoms with Crippen LogP contribution in [-0.2, 0) is 11.2 Å². The van der Waals surface area contributed by atoms with E-state index in [1.807, 2.05) is 49.6 Å². The average Bonchev–Trinajstić information content (AvgIpc) is 3.06. The third-order valence-corrected chi connectivity index (χ3v) is 5.23. The first kappa shape index (κ1) is 15.7. The molecule has 0 fully saturated rings. The Morgan fingerprint density at radius 1 is 1.22 bits per heavy atom. The number of pyridine rings is 1. The second kappa shape index (κ2) is 6.50.